The van der Waals surface area contributed by atoms with Crippen molar-refractivity contribution in [3.05, 3.63) is 101 Å². The Bertz CT molecular complexity index is 1190. The Morgan fingerprint density at radius 2 is 1.31 bits per heavy atom. The van der Waals surface area contributed by atoms with Gasteiger partial charge in [-0.3, -0.25) is 0 Å². The topological polar surface area (TPSA) is 112 Å². The van der Waals surface area contributed by atoms with Crippen LogP contribution in [0.3, 0.4) is 0 Å². The maximum Gasteiger partial charge on any atom is 0.335 e. The second-order valence-electron chi connectivity index (χ2n) is 7.22. The van der Waals surface area contributed by atoms with Crippen LogP contribution < -0.4 is 0 Å². The Morgan fingerprint density at radius 1 is 0.812 bits per heavy atom. The highest BCUT2D eigenvalue weighted by Gasteiger charge is 2.32. The van der Waals surface area contributed by atoms with E-state index in [1.165, 1.54) is 40.7 Å². The summed E-state index contributed by atoms with van der Waals surface area (Å²) < 4.78 is 28.6. The zero-order valence-electron chi connectivity index (χ0n) is 17.4. The fraction of sp³-hybridized carbons (Fsp3) is 0.167. The Kier molecular flexibility index (Phi) is 7.07. The van der Waals surface area contributed by atoms with Crippen molar-refractivity contribution < 1.29 is 28.2 Å². The van der Waals surface area contributed by atoms with Gasteiger partial charge in [0.1, 0.15) is 0 Å². The van der Waals surface area contributed by atoms with Gasteiger partial charge in [-0.25, -0.2) is 18.0 Å². The SMILES string of the molecule is CC[C@@H](c1ccc(C(=O)O)cc1)N(Cc1ccc(C(=O)O)cc1)S(=O)(=O)c1ccccc1. The second-order valence-corrected chi connectivity index (χ2v) is 9.11. The Hall–Kier alpha value is -3.49. The number of hydrogen-bond acceptors (Lipinski definition) is 4. The van der Waals surface area contributed by atoms with Gasteiger partial charge in [0.25, 0.3) is 0 Å². The van der Waals surface area contributed by atoms with Gasteiger partial charge in [-0.2, -0.15) is 4.31 Å². The van der Waals surface area contributed by atoms with E-state index in [0.29, 0.717) is 17.5 Å². The van der Waals surface area contributed by atoms with Crippen LogP contribution >= 0.6 is 0 Å². The van der Waals surface area contributed by atoms with Crippen molar-refractivity contribution in [2.24, 2.45) is 0 Å². The lowest BCUT2D eigenvalue weighted by atomic mass is 10.0. The fourth-order valence-electron chi connectivity index (χ4n) is 3.48. The third-order valence-electron chi connectivity index (χ3n) is 5.17. The molecule has 3 aromatic rings. The average molecular weight is 454 g/mol. The minimum Gasteiger partial charge on any atom is -0.478 e. The monoisotopic (exact) mass is 453 g/mol. The largest absolute Gasteiger partial charge is 0.478 e. The first-order chi connectivity index (χ1) is 15.2. The molecule has 3 rings (SSSR count). The molecule has 3 aromatic carbocycles. The van der Waals surface area contributed by atoms with Gasteiger partial charge >= 0.3 is 11.9 Å². The van der Waals surface area contributed by atoms with E-state index in [-0.39, 0.29) is 22.6 Å². The minimum atomic E-state index is -3.91. The highest BCUT2D eigenvalue weighted by Crippen LogP contribution is 2.32. The first kappa shape index (κ1) is 23.2. The Morgan fingerprint density at radius 3 is 1.78 bits per heavy atom. The summed E-state index contributed by atoms with van der Waals surface area (Å²) in [5.41, 5.74) is 1.53. The zero-order chi connectivity index (χ0) is 23.3. The van der Waals surface area contributed by atoms with Gasteiger partial charge in [-0.15, -0.1) is 0 Å². The van der Waals surface area contributed by atoms with Crippen LogP contribution in [0.5, 0.6) is 0 Å². The van der Waals surface area contributed by atoms with E-state index in [1.54, 1.807) is 42.5 Å². The number of rotatable bonds is 9. The van der Waals surface area contributed by atoms with Gasteiger partial charge in [-0.05, 0) is 53.9 Å². The molecule has 0 spiro atoms. The molecule has 0 saturated carbocycles. The van der Waals surface area contributed by atoms with Crippen molar-refractivity contribution >= 4 is 22.0 Å². The standard InChI is InChI=1S/C24H23NO6S/c1-2-22(18-12-14-20(15-13-18)24(28)29)25(32(30,31)21-6-4-3-5-7-21)16-17-8-10-19(11-9-17)23(26)27/h3-15,22H,2,16H2,1H3,(H,26,27)(H,28,29)/t22-/m0/s1. The van der Waals surface area contributed by atoms with Crippen LogP contribution in [0.1, 0.15) is 51.2 Å². The van der Waals surface area contributed by atoms with Gasteiger partial charge in [0.2, 0.25) is 10.0 Å². The van der Waals surface area contributed by atoms with E-state index >= 15 is 0 Å². The summed E-state index contributed by atoms with van der Waals surface area (Å²) in [7, 11) is -3.91. The van der Waals surface area contributed by atoms with Crippen LogP contribution in [-0.2, 0) is 16.6 Å². The molecule has 0 aliphatic carbocycles. The number of carboxylic acid groups (broad SMARTS) is 2. The summed E-state index contributed by atoms with van der Waals surface area (Å²) in [6, 6.07) is 19.7. The van der Waals surface area contributed by atoms with Crippen LogP contribution in [-0.4, -0.2) is 34.9 Å². The molecule has 8 heteroatoms. The molecule has 0 amide bonds. The van der Waals surface area contributed by atoms with Crippen LogP contribution in [0.25, 0.3) is 0 Å². The molecule has 0 radical (unpaired) electrons. The Balaban J connectivity index is 2.05. The number of carbonyl (C=O) groups is 2. The van der Waals surface area contributed by atoms with E-state index in [2.05, 4.69) is 0 Å². The lowest BCUT2D eigenvalue weighted by Gasteiger charge is -2.31. The first-order valence-electron chi connectivity index (χ1n) is 9.96. The van der Waals surface area contributed by atoms with E-state index < -0.39 is 28.0 Å². The molecule has 0 heterocycles. The van der Waals surface area contributed by atoms with Crippen molar-refractivity contribution in [1.82, 2.24) is 4.31 Å². The molecule has 0 saturated heterocycles. The van der Waals surface area contributed by atoms with Crippen molar-refractivity contribution in [2.75, 3.05) is 0 Å². The van der Waals surface area contributed by atoms with Gasteiger partial charge in [0.15, 0.2) is 0 Å². The van der Waals surface area contributed by atoms with E-state index in [0.717, 1.165) is 0 Å². The summed E-state index contributed by atoms with van der Waals surface area (Å²) >= 11 is 0. The molecule has 32 heavy (non-hydrogen) atoms. The maximum absolute atomic E-state index is 13.6. The Labute approximate surface area is 186 Å². The predicted octanol–water partition coefficient (Wildman–Crippen LogP) is 4.43. The number of benzene rings is 3. The number of hydrogen-bond donors (Lipinski definition) is 2. The second kappa shape index (κ2) is 9.76. The number of aromatic carboxylic acids is 2. The van der Waals surface area contributed by atoms with E-state index in [4.69, 9.17) is 10.2 Å². The molecule has 0 bridgehead atoms. The maximum atomic E-state index is 13.6. The summed E-state index contributed by atoms with van der Waals surface area (Å²) in [5, 5.41) is 18.3. The van der Waals surface area contributed by atoms with Gasteiger partial charge in [0, 0.05) is 6.54 Å². The van der Waals surface area contributed by atoms with Crippen molar-refractivity contribution in [3.63, 3.8) is 0 Å². The molecule has 2 N–H and O–H groups in total. The summed E-state index contributed by atoms with van der Waals surface area (Å²) in [4.78, 5) is 22.5. The predicted molar refractivity (Wildman–Crippen MR) is 119 cm³/mol. The molecule has 0 aromatic heterocycles. The quantitative estimate of drug-likeness (QED) is 0.496. The van der Waals surface area contributed by atoms with E-state index in [9.17, 15) is 18.0 Å². The van der Waals surface area contributed by atoms with Crippen LogP contribution in [0.4, 0.5) is 0 Å². The van der Waals surface area contributed by atoms with E-state index in [1.807, 2.05) is 6.92 Å². The molecule has 1 atom stereocenters. The molecule has 166 valence electrons. The summed E-state index contributed by atoms with van der Waals surface area (Å²) in [6.07, 6.45) is 0.450. The molecule has 7 nitrogen and oxygen atoms in total. The van der Waals surface area contributed by atoms with Crippen molar-refractivity contribution in [1.29, 1.82) is 0 Å². The van der Waals surface area contributed by atoms with Gasteiger partial charge < -0.3 is 10.2 Å². The smallest absolute Gasteiger partial charge is 0.335 e. The fourth-order valence-corrected chi connectivity index (χ4v) is 5.17. The molecule has 0 unspecified atom stereocenters. The minimum absolute atomic E-state index is 0.0241. The van der Waals surface area contributed by atoms with Crippen LogP contribution in [0, 0.1) is 0 Å². The molecule has 0 aliphatic rings. The molecule has 0 fully saturated rings. The third kappa shape index (κ3) is 5.04. The van der Waals surface area contributed by atoms with Crippen molar-refractivity contribution in [2.45, 2.75) is 30.8 Å². The molecule has 0 aliphatic heterocycles. The molecular formula is C24H23NO6S. The zero-order valence-corrected chi connectivity index (χ0v) is 18.2. The third-order valence-corrected chi connectivity index (χ3v) is 7.03. The average Bonchev–Trinajstić information content (AvgIpc) is 2.80. The van der Waals surface area contributed by atoms with Gasteiger partial charge in [-0.1, -0.05) is 49.4 Å². The highest BCUT2D eigenvalue weighted by atomic mass is 32.2. The highest BCUT2D eigenvalue weighted by molar-refractivity contribution is 7.89. The number of sulfonamides is 1. The normalized spacial score (nSPS) is 12.4. The van der Waals surface area contributed by atoms with Crippen LogP contribution in [0.15, 0.2) is 83.8 Å². The number of carboxylic acids is 2. The lowest BCUT2D eigenvalue weighted by Crippen LogP contribution is -2.34. The summed E-state index contributed by atoms with van der Waals surface area (Å²) in [6.45, 7) is 1.88. The van der Waals surface area contributed by atoms with Crippen molar-refractivity contribution in [3.8, 4) is 0 Å². The lowest BCUT2D eigenvalue weighted by molar-refractivity contribution is 0.0686. The first-order valence-corrected chi connectivity index (χ1v) is 11.4. The molecular weight excluding hydrogens is 430 g/mol. The summed E-state index contributed by atoms with van der Waals surface area (Å²) in [5.74, 6) is -2.12. The van der Waals surface area contributed by atoms with Gasteiger partial charge in [0.05, 0.1) is 22.1 Å². The number of nitrogens with zero attached hydrogens (tertiary/aromatic N) is 1. The van der Waals surface area contributed by atoms with Crippen LogP contribution in [0.2, 0.25) is 0 Å².